The molecule has 2 N–H and O–H groups in total. The van der Waals surface area contributed by atoms with E-state index in [1.807, 2.05) is 42.9 Å². The van der Waals surface area contributed by atoms with Crippen molar-refractivity contribution in [1.82, 2.24) is 14.8 Å². The summed E-state index contributed by atoms with van der Waals surface area (Å²) in [5, 5.41) is 5.07. The molecule has 3 heterocycles. The fourth-order valence-electron chi connectivity index (χ4n) is 4.88. The molecular weight excluding hydrogens is 434 g/mol. The highest BCUT2D eigenvalue weighted by atomic mass is 16.5. The molecule has 0 aliphatic carbocycles. The molecule has 0 saturated carbocycles. The minimum absolute atomic E-state index is 0.0520. The number of ether oxygens (including phenoxy) is 1. The highest BCUT2D eigenvalue weighted by Crippen LogP contribution is 2.34. The van der Waals surface area contributed by atoms with Gasteiger partial charge in [0.15, 0.2) is 0 Å². The highest BCUT2D eigenvalue weighted by Gasteiger charge is 2.26. The highest BCUT2D eigenvalue weighted by molar-refractivity contribution is 5.46. The zero-order valence-corrected chi connectivity index (χ0v) is 20.4. The molecule has 0 atom stereocenters. The van der Waals surface area contributed by atoms with Crippen molar-refractivity contribution in [3.63, 3.8) is 0 Å². The minimum Gasteiger partial charge on any atom is -0.475 e. The van der Waals surface area contributed by atoms with Crippen LogP contribution in [-0.4, -0.2) is 34.0 Å². The normalized spacial score (nSPS) is 14.6. The van der Waals surface area contributed by atoms with Crippen LogP contribution < -0.4 is 15.4 Å². The molecule has 0 radical (unpaired) electrons. The van der Waals surface area contributed by atoms with Gasteiger partial charge in [0, 0.05) is 31.1 Å². The molecule has 6 nitrogen and oxygen atoms in total. The van der Waals surface area contributed by atoms with Crippen molar-refractivity contribution >= 4 is 11.5 Å². The Morgan fingerprint density at radius 1 is 0.886 bits per heavy atom. The van der Waals surface area contributed by atoms with Crippen molar-refractivity contribution < 1.29 is 4.74 Å². The molecule has 4 aromatic rings. The summed E-state index contributed by atoms with van der Waals surface area (Å²) in [4.78, 5) is 6.86. The third kappa shape index (κ3) is 5.16. The Labute approximate surface area is 207 Å². The van der Waals surface area contributed by atoms with E-state index in [1.165, 1.54) is 11.1 Å². The lowest BCUT2D eigenvalue weighted by molar-refractivity contribution is 0.232. The van der Waals surface area contributed by atoms with Gasteiger partial charge >= 0.3 is 0 Å². The van der Waals surface area contributed by atoms with Crippen molar-refractivity contribution in [3.8, 4) is 5.88 Å². The molecule has 5 rings (SSSR count). The first-order valence-electron chi connectivity index (χ1n) is 12.4. The van der Waals surface area contributed by atoms with Crippen LogP contribution in [0.3, 0.4) is 0 Å². The monoisotopic (exact) mass is 467 g/mol. The summed E-state index contributed by atoms with van der Waals surface area (Å²) >= 11 is 0. The van der Waals surface area contributed by atoms with Gasteiger partial charge in [-0.2, -0.15) is 5.10 Å². The first kappa shape index (κ1) is 23.0. The Hall–Kier alpha value is -3.80. The van der Waals surface area contributed by atoms with E-state index in [2.05, 4.69) is 70.5 Å². The van der Waals surface area contributed by atoms with Crippen molar-refractivity contribution in [3.05, 3.63) is 102 Å². The zero-order chi connectivity index (χ0) is 24.2. The molecule has 2 aromatic carbocycles. The van der Waals surface area contributed by atoms with Crippen LogP contribution in [0.15, 0.2) is 85.1 Å². The fraction of sp³-hybridized carbons (Fsp3) is 0.310. The van der Waals surface area contributed by atoms with Gasteiger partial charge < -0.3 is 15.4 Å². The van der Waals surface area contributed by atoms with E-state index in [0.29, 0.717) is 17.6 Å². The molecule has 2 aromatic heterocycles. The summed E-state index contributed by atoms with van der Waals surface area (Å²) in [7, 11) is 0. The molecule has 0 unspecified atom stereocenters. The van der Waals surface area contributed by atoms with Gasteiger partial charge in [-0.3, -0.25) is 0 Å². The number of piperidine rings is 1. The summed E-state index contributed by atoms with van der Waals surface area (Å²) in [6.07, 6.45) is 4.10. The van der Waals surface area contributed by atoms with Crippen LogP contribution in [0.2, 0.25) is 0 Å². The topological polar surface area (TPSA) is 69.2 Å². The summed E-state index contributed by atoms with van der Waals surface area (Å²) in [5.41, 5.74) is 11.1. The van der Waals surface area contributed by atoms with Crippen molar-refractivity contribution in [2.75, 3.05) is 23.7 Å². The molecule has 0 spiro atoms. The van der Waals surface area contributed by atoms with Crippen molar-refractivity contribution in [2.45, 2.75) is 44.8 Å². The van der Waals surface area contributed by atoms with Crippen LogP contribution in [0.4, 0.5) is 11.5 Å². The third-order valence-electron chi connectivity index (χ3n) is 6.61. The van der Waals surface area contributed by atoms with Gasteiger partial charge in [-0.1, -0.05) is 60.7 Å². The number of aromatic nitrogens is 3. The maximum absolute atomic E-state index is 6.56. The largest absolute Gasteiger partial charge is 0.475 e. The van der Waals surface area contributed by atoms with Gasteiger partial charge in [0.1, 0.15) is 11.9 Å². The van der Waals surface area contributed by atoms with Gasteiger partial charge in [-0.15, -0.1) is 0 Å². The molecule has 0 amide bonds. The predicted molar refractivity (Wildman–Crippen MR) is 141 cm³/mol. The lowest BCUT2D eigenvalue weighted by Gasteiger charge is -2.32. The van der Waals surface area contributed by atoms with Crippen LogP contribution in [-0.2, 0) is 0 Å². The summed E-state index contributed by atoms with van der Waals surface area (Å²) in [5.74, 6) is 1.76. The van der Waals surface area contributed by atoms with Gasteiger partial charge in [-0.05, 0) is 43.9 Å². The second kappa shape index (κ2) is 10.2. The van der Waals surface area contributed by atoms with E-state index in [-0.39, 0.29) is 12.1 Å². The Morgan fingerprint density at radius 2 is 1.51 bits per heavy atom. The van der Waals surface area contributed by atoms with Crippen LogP contribution in [0, 0.1) is 0 Å². The summed E-state index contributed by atoms with van der Waals surface area (Å²) < 4.78 is 7.67. The number of pyridine rings is 1. The SMILES string of the molecule is CC(C)Oc1ccc(N2CCC(c3cc(N)n(C(c4ccccc4)c4ccccc4)n3)CC2)cn1. The molecule has 35 heavy (non-hydrogen) atoms. The number of nitrogens with two attached hydrogens (primary N) is 1. The fourth-order valence-corrected chi connectivity index (χ4v) is 4.88. The number of hydrogen-bond donors (Lipinski definition) is 1. The molecule has 1 aliphatic rings. The van der Waals surface area contributed by atoms with E-state index >= 15 is 0 Å². The Bertz CT molecular complexity index is 1170. The minimum atomic E-state index is -0.0520. The van der Waals surface area contributed by atoms with Crippen molar-refractivity contribution in [2.24, 2.45) is 0 Å². The quantitative estimate of drug-likeness (QED) is 0.379. The molecule has 1 fully saturated rings. The Balaban J connectivity index is 1.32. The Morgan fingerprint density at radius 3 is 2.06 bits per heavy atom. The van der Waals surface area contributed by atoms with Gasteiger partial charge in [-0.25, -0.2) is 9.67 Å². The zero-order valence-electron chi connectivity index (χ0n) is 20.4. The lowest BCUT2D eigenvalue weighted by atomic mass is 9.93. The summed E-state index contributed by atoms with van der Waals surface area (Å²) in [6, 6.07) is 27.0. The number of benzene rings is 2. The van der Waals surface area contributed by atoms with Gasteiger partial charge in [0.25, 0.3) is 0 Å². The number of anilines is 2. The smallest absolute Gasteiger partial charge is 0.213 e. The Kier molecular flexibility index (Phi) is 6.70. The number of nitrogen functional groups attached to an aromatic ring is 1. The standard InChI is InChI=1S/C29H33N5O/c1-21(2)35-28-14-13-25(20-31-28)33-17-15-22(16-18-33)26-19-27(30)34(32-26)29(23-9-5-3-6-10-23)24-11-7-4-8-12-24/h3-14,19-22,29H,15-18,30H2,1-2H3. The second-order valence-electron chi connectivity index (χ2n) is 9.45. The summed E-state index contributed by atoms with van der Waals surface area (Å²) in [6.45, 7) is 5.95. The van der Waals surface area contributed by atoms with Crippen molar-refractivity contribution in [1.29, 1.82) is 0 Å². The second-order valence-corrected chi connectivity index (χ2v) is 9.45. The van der Waals surface area contributed by atoms with E-state index < -0.39 is 0 Å². The molecule has 1 aliphatic heterocycles. The van der Waals surface area contributed by atoms with E-state index in [1.54, 1.807) is 0 Å². The van der Waals surface area contributed by atoms with Gasteiger partial charge in [0.05, 0.1) is 23.7 Å². The number of hydrogen-bond acceptors (Lipinski definition) is 5. The molecule has 180 valence electrons. The maximum atomic E-state index is 6.56. The first-order chi connectivity index (χ1) is 17.1. The lowest BCUT2D eigenvalue weighted by Crippen LogP contribution is -2.33. The average Bonchev–Trinajstić information content (AvgIpc) is 3.27. The molecule has 6 heteroatoms. The van der Waals surface area contributed by atoms with Crippen LogP contribution in [0.5, 0.6) is 5.88 Å². The first-order valence-corrected chi connectivity index (χ1v) is 12.4. The average molecular weight is 468 g/mol. The van der Waals surface area contributed by atoms with Gasteiger partial charge in [0.2, 0.25) is 5.88 Å². The number of nitrogens with zero attached hydrogens (tertiary/aromatic N) is 4. The van der Waals surface area contributed by atoms with E-state index in [0.717, 1.165) is 37.3 Å². The third-order valence-corrected chi connectivity index (χ3v) is 6.61. The number of rotatable bonds is 7. The van der Waals surface area contributed by atoms with Crippen LogP contribution >= 0.6 is 0 Å². The molecule has 1 saturated heterocycles. The van der Waals surface area contributed by atoms with E-state index in [9.17, 15) is 0 Å². The predicted octanol–water partition coefficient (Wildman–Crippen LogP) is 5.67. The van der Waals surface area contributed by atoms with Crippen LogP contribution in [0.1, 0.15) is 55.5 Å². The van der Waals surface area contributed by atoms with Crippen LogP contribution in [0.25, 0.3) is 0 Å². The molecular formula is C29H33N5O. The molecule has 0 bridgehead atoms. The van der Waals surface area contributed by atoms with E-state index in [4.69, 9.17) is 15.6 Å². The maximum Gasteiger partial charge on any atom is 0.213 e.